The second kappa shape index (κ2) is 6.12. The van der Waals surface area contributed by atoms with Crippen molar-refractivity contribution in [3.8, 4) is 0 Å². The normalized spacial score (nSPS) is 26.8. The lowest BCUT2D eigenvalue weighted by molar-refractivity contribution is -0.120. The maximum absolute atomic E-state index is 14.9. The number of carbonyl (C=O) groups is 2. The van der Waals surface area contributed by atoms with Gasteiger partial charge in [0.05, 0.1) is 6.04 Å². The van der Waals surface area contributed by atoms with Gasteiger partial charge in [0.1, 0.15) is 6.04 Å². The van der Waals surface area contributed by atoms with Crippen molar-refractivity contribution in [1.29, 1.82) is 0 Å². The minimum atomic E-state index is -1.53. The zero-order chi connectivity index (χ0) is 18.3. The summed E-state index contributed by atoms with van der Waals surface area (Å²) < 4.78 is 14.9. The first-order valence-electron chi connectivity index (χ1n) is 8.66. The standard InChI is InChI=1S/C20H20FN3O2/c1-24-16-10-6-5-7-13(16)11-15(18(24)25)22-19(26)23-17-12-20(17,21)14-8-3-2-4-9-14/h2-10,15,17H,11-12H2,1H3,(H2,22,23,26). The average Bonchev–Trinajstić information content (AvgIpc) is 3.31. The highest BCUT2D eigenvalue weighted by Gasteiger charge is 2.57. The average molecular weight is 353 g/mol. The molecule has 0 saturated heterocycles. The summed E-state index contributed by atoms with van der Waals surface area (Å²) in [5.74, 6) is -0.177. The van der Waals surface area contributed by atoms with Gasteiger partial charge in [-0.2, -0.15) is 0 Å². The third kappa shape index (κ3) is 2.81. The van der Waals surface area contributed by atoms with Crippen LogP contribution >= 0.6 is 0 Å². The Balaban J connectivity index is 1.40. The molecule has 1 heterocycles. The molecule has 2 N–H and O–H groups in total. The van der Waals surface area contributed by atoms with Gasteiger partial charge in [0.15, 0.2) is 5.67 Å². The van der Waals surface area contributed by atoms with E-state index in [4.69, 9.17) is 0 Å². The molecule has 0 bridgehead atoms. The number of benzene rings is 2. The van der Waals surface area contributed by atoms with Gasteiger partial charge in [-0.3, -0.25) is 4.79 Å². The number of alkyl halides is 1. The number of nitrogens with zero attached hydrogens (tertiary/aromatic N) is 1. The zero-order valence-electron chi connectivity index (χ0n) is 14.4. The Bertz CT molecular complexity index is 857. The first kappa shape index (κ1) is 16.6. The lowest BCUT2D eigenvalue weighted by Crippen LogP contribution is -2.54. The molecule has 134 valence electrons. The van der Waals surface area contributed by atoms with Crippen LogP contribution in [-0.4, -0.2) is 31.1 Å². The minimum absolute atomic E-state index is 0.177. The molecule has 1 aliphatic heterocycles. The van der Waals surface area contributed by atoms with Crippen molar-refractivity contribution in [2.45, 2.75) is 30.6 Å². The Hall–Kier alpha value is -2.89. The van der Waals surface area contributed by atoms with Gasteiger partial charge in [0, 0.05) is 25.6 Å². The predicted octanol–water partition coefficient (Wildman–Crippen LogP) is 2.51. The van der Waals surface area contributed by atoms with Crippen molar-refractivity contribution in [3.05, 3.63) is 65.7 Å². The Kier molecular flexibility index (Phi) is 3.90. The summed E-state index contributed by atoms with van der Waals surface area (Å²) in [5.41, 5.74) is 0.881. The zero-order valence-corrected chi connectivity index (χ0v) is 14.4. The van der Waals surface area contributed by atoms with Crippen molar-refractivity contribution in [1.82, 2.24) is 10.6 Å². The van der Waals surface area contributed by atoms with Crippen LogP contribution in [0.4, 0.5) is 14.9 Å². The monoisotopic (exact) mass is 353 g/mol. The molecule has 0 spiro atoms. The molecule has 1 aliphatic carbocycles. The summed E-state index contributed by atoms with van der Waals surface area (Å²) in [5, 5.41) is 5.35. The van der Waals surface area contributed by atoms with E-state index < -0.39 is 23.8 Å². The highest BCUT2D eigenvalue weighted by atomic mass is 19.1. The van der Waals surface area contributed by atoms with E-state index >= 15 is 0 Å². The molecule has 6 heteroatoms. The molecular formula is C20H20FN3O2. The molecule has 1 fully saturated rings. The van der Waals surface area contributed by atoms with E-state index in [-0.39, 0.29) is 12.3 Å². The summed E-state index contributed by atoms with van der Waals surface area (Å²) in [4.78, 5) is 26.3. The second-order valence-electron chi connectivity index (χ2n) is 6.89. The topological polar surface area (TPSA) is 61.4 Å². The van der Waals surface area contributed by atoms with Crippen LogP contribution in [0.25, 0.3) is 0 Å². The van der Waals surface area contributed by atoms with Gasteiger partial charge in [-0.05, 0) is 17.2 Å². The van der Waals surface area contributed by atoms with Crippen LogP contribution in [-0.2, 0) is 16.9 Å². The fourth-order valence-corrected chi connectivity index (χ4v) is 3.58. The fourth-order valence-electron chi connectivity index (χ4n) is 3.58. The number of hydrogen-bond donors (Lipinski definition) is 2. The van der Waals surface area contributed by atoms with E-state index in [0.717, 1.165) is 11.3 Å². The van der Waals surface area contributed by atoms with Gasteiger partial charge < -0.3 is 15.5 Å². The van der Waals surface area contributed by atoms with E-state index in [1.807, 2.05) is 30.3 Å². The summed E-state index contributed by atoms with van der Waals surface area (Å²) in [6.45, 7) is 0. The summed E-state index contributed by atoms with van der Waals surface area (Å²) in [6.07, 6.45) is 0.669. The molecule has 0 aromatic heterocycles. The van der Waals surface area contributed by atoms with Crippen molar-refractivity contribution >= 4 is 17.6 Å². The van der Waals surface area contributed by atoms with Crippen molar-refractivity contribution < 1.29 is 14.0 Å². The van der Waals surface area contributed by atoms with Crippen LogP contribution in [0.5, 0.6) is 0 Å². The van der Waals surface area contributed by atoms with Gasteiger partial charge in [-0.25, -0.2) is 9.18 Å². The molecule has 1 saturated carbocycles. The van der Waals surface area contributed by atoms with Crippen LogP contribution in [0, 0.1) is 0 Å². The first-order chi connectivity index (χ1) is 12.5. The van der Waals surface area contributed by atoms with Gasteiger partial charge in [0.2, 0.25) is 5.91 Å². The maximum Gasteiger partial charge on any atom is 0.315 e. The molecule has 26 heavy (non-hydrogen) atoms. The number of nitrogens with one attached hydrogen (secondary N) is 2. The number of rotatable bonds is 3. The van der Waals surface area contributed by atoms with Gasteiger partial charge in [-0.1, -0.05) is 48.5 Å². The van der Waals surface area contributed by atoms with Crippen LogP contribution in [0.3, 0.4) is 0 Å². The quantitative estimate of drug-likeness (QED) is 0.891. The lowest BCUT2D eigenvalue weighted by atomic mass is 9.98. The largest absolute Gasteiger partial charge is 0.332 e. The first-order valence-corrected chi connectivity index (χ1v) is 8.66. The fraction of sp³-hybridized carbons (Fsp3) is 0.300. The molecule has 2 aromatic rings. The van der Waals surface area contributed by atoms with Crippen LogP contribution < -0.4 is 15.5 Å². The molecule has 2 aliphatic rings. The van der Waals surface area contributed by atoms with Crippen LogP contribution in [0.15, 0.2) is 54.6 Å². The predicted molar refractivity (Wildman–Crippen MR) is 96.6 cm³/mol. The maximum atomic E-state index is 14.9. The number of anilines is 1. The number of likely N-dealkylation sites (N-methyl/N-ethyl adjacent to an activating group) is 1. The van der Waals surface area contributed by atoms with Crippen molar-refractivity contribution in [3.63, 3.8) is 0 Å². The number of fused-ring (bicyclic) bond motifs is 1. The molecule has 0 radical (unpaired) electrons. The number of para-hydroxylation sites is 1. The number of amides is 3. The van der Waals surface area contributed by atoms with Gasteiger partial charge in [-0.15, -0.1) is 0 Å². The third-order valence-electron chi connectivity index (χ3n) is 5.16. The minimum Gasteiger partial charge on any atom is -0.332 e. The third-order valence-corrected chi connectivity index (χ3v) is 5.16. The van der Waals surface area contributed by atoms with E-state index in [1.54, 1.807) is 36.2 Å². The van der Waals surface area contributed by atoms with Crippen LogP contribution in [0.1, 0.15) is 17.5 Å². The number of carbonyl (C=O) groups excluding carboxylic acids is 2. The summed E-state index contributed by atoms with van der Waals surface area (Å²) >= 11 is 0. The molecular weight excluding hydrogens is 333 g/mol. The van der Waals surface area contributed by atoms with Crippen molar-refractivity contribution in [2.75, 3.05) is 11.9 Å². The Morgan fingerprint density at radius 1 is 1.12 bits per heavy atom. The Morgan fingerprint density at radius 3 is 2.58 bits per heavy atom. The highest BCUT2D eigenvalue weighted by Crippen LogP contribution is 2.49. The number of urea groups is 1. The summed E-state index contributed by atoms with van der Waals surface area (Å²) in [7, 11) is 1.69. The molecule has 2 aromatic carbocycles. The van der Waals surface area contributed by atoms with E-state index in [2.05, 4.69) is 10.6 Å². The smallest absolute Gasteiger partial charge is 0.315 e. The molecule has 3 amide bonds. The lowest BCUT2D eigenvalue weighted by Gasteiger charge is -2.31. The highest BCUT2D eigenvalue weighted by molar-refractivity contribution is 6.01. The molecule has 5 nitrogen and oxygen atoms in total. The second-order valence-corrected chi connectivity index (χ2v) is 6.89. The SMILES string of the molecule is CN1C(=O)C(NC(=O)NC2CC2(F)c2ccccc2)Cc2ccccc21. The number of hydrogen-bond acceptors (Lipinski definition) is 2. The van der Waals surface area contributed by atoms with Gasteiger partial charge in [0.25, 0.3) is 0 Å². The Labute approximate surface area is 151 Å². The number of halogens is 1. The Morgan fingerprint density at radius 2 is 1.81 bits per heavy atom. The van der Waals surface area contributed by atoms with E-state index in [0.29, 0.717) is 12.0 Å². The van der Waals surface area contributed by atoms with E-state index in [9.17, 15) is 14.0 Å². The molecule has 3 atom stereocenters. The summed E-state index contributed by atoms with van der Waals surface area (Å²) in [6, 6.07) is 14.7. The van der Waals surface area contributed by atoms with Gasteiger partial charge >= 0.3 is 6.03 Å². The molecule has 4 rings (SSSR count). The molecule has 3 unspecified atom stereocenters. The van der Waals surface area contributed by atoms with Crippen molar-refractivity contribution in [2.24, 2.45) is 0 Å². The van der Waals surface area contributed by atoms with E-state index in [1.165, 1.54) is 0 Å². The van der Waals surface area contributed by atoms with Crippen LogP contribution in [0.2, 0.25) is 0 Å².